The number of anilines is 1. The highest BCUT2D eigenvalue weighted by Gasteiger charge is 2.11. The van der Waals surface area contributed by atoms with Crippen molar-refractivity contribution in [1.82, 2.24) is 10.3 Å². The Morgan fingerprint density at radius 1 is 1.33 bits per heavy atom. The van der Waals surface area contributed by atoms with E-state index in [0.29, 0.717) is 11.6 Å². The van der Waals surface area contributed by atoms with Crippen LogP contribution in [-0.2, 0) is 4.79 Å². The van der Waals surface area contributed by atoms with E-state index < -0.39 is 0 Å². The van der Waals surface area contributed by atoms with Gasteiger partial charge >= 0.3 is 0 Å². The first-order valence-corrected chi connectivity index (χ1v) is 8.39. The number of rotatable bonds is 6. The molecular weight excluding hydrogens is 350 g/mol. The Morgan fingerprint density at radius 2 is 2.05 bits per heavy atom. The molecule has 0 bridgehead atoms. The molecule has 0 aliphatic carbocycles. The number of hydrogen-bond acceptors (Lipinski definition) is 4. The molecule has 112 valence electrons. The van der Waals surface area contributed by atoms with Crippen LogP contribution < -0.4 is 10.6 Å². The molecule has 1 aromatic heterocycles. The van der Waals surface area contributed by atoms with Crippen LogP contribution in [0.2, 0.25) is 0 Å². The zero-order valence-electron chi connectivity index (χ0n) is 12.1. The zero-order chi connectivity index (χ0) is 15.2. The van der Waals surface area contributed by atoms with E-state index in [4.69, 9.17) is 0 Å². The molecule has 4 nitrogen and oxygen atoms in total. The monoisotopic (exact) mass is 367 g/mol. The molecule has 0 atom stereocenters. The Bertz CT molecular complexity index is 610. The van der Waals surface area contributed by atoms with Crippen molar-refractivity contribution < 1.29 is 4.79 Å². The van der Waals surface area contributed by atoms with Gasteiger partial charge in [-0.05, 0) is 39.1 Å². The van der Waals surface area contributed by atoms with Crippen LogP contribution in [-0.4, -0.2) is 24.5 Å². The van der Waals surface area contributed by atoms with Crippen molar-refractivity contribution in [1.29, 1.82) is 0 Å². The van der Waals surface area contributed by atoms with E-state index in [1.54, 1.807) is 0 Å². The lowest BCUT2D eigenvalue weighted by Crippen LogP contribution is -2.15. The van der Waals surface area contributed by atoms with Crippen molar-refractivity contribution in [3.05, 3.63) is 33.6 Å². The lowest BCUT2D eigenvalue weighted by molar-refractivity contribution is -0.116. The summed E-state index contributed by atoms with van der Waals surface area (Å²) in [5.74, 6) is 0.0151. The minimum atomic E-state index is 0.0151. The fourth-order valence-electron chi connectivity index (χ4n) is 1.93. The van der Waals surface area contributed by atoms with E-state index in [1.165, 1.54) is 11.3 Å². The van der Waals surface area contributed by atoms with E-state index in [0.717, 1.165) is 33.6 Å². The third kappa shape index (κ3) is 4.62. The Morgan fingerprint density at radius 3 is 2.71 bits per heavy atom. The van der Waals surface area contributed by atoms with Gasteiger partial charge in [-0.25, -0.2) is 4.98 Å². The maximum absolute atomic E-state index is 11.8. The summed E-state index contributed by atoms with van der Waals surface area (Å²) in [6.07, 6.45) is 1.33. The number of thiazole rings is 1. The van der Waals surface area contributed by atoms with E-state index in [9.17, 15) is 4.79 Å². The van der Waals surface area contributed by atoms with Gasteiger partial charge in [0.1, 0.15) is 0 Å². The summed E-state index contributed by atoms with van der Waals surface area (Å²) in [5.41, 5.74) is 1.99. The third-order valence-corrected chi connectivity index (χ3v) is 4.41. The topological polar surface area (TPSA) is 54.0 Å². The van der Waals surface area contributed by atoms with Crippen LogP contribution in [0.15, 0.2) is 28.7 Å². The van der Waals surface area contributed by atoms with E-state index in [2.05, 4.69) is 31.5 Å². The van der Waals surface area contributed by atoms with Gasteiger partial charge in [-0.3, -0.25) is 4.79 Å². The van der Waals surface area contributed by atoms with Gasteiger partial charge in [-0.2, -0.15) is 0 Å². The van der Waals surface area contributed by atoms with Crippen LogP contribution in [0.1, 0.15) is 17.7 Å². The second kappa shape index (κ2) is 7.68. The molecule has 2 aromatic rings. The number of carbonyl (C=O) groups excluding carboxylic acids is 1. The van der Waals surface area contributed by atoms with Gasteiger partial charge in [0.25, 0.3) is 0 Å². The highest BCUT2D eigenvalue weighted by atomic mass is 79.9. The minimum Gasteiger partial charge on any atom is -0.320 e. The lowest BCUT2D eigenvalue weighted by atomic mass is 10.1. The summed E-state index contributed by atoms with van der Waals surface area (Å²) in [5, 5.41) is 6.57. The quantitative estimate of drug-likeness (QED) is 0.763. The second-order valence-corrected chi connectivity index (χ2v) is 6.80. The second-order valence-electron chi connectivity index (χ2n) is 4.69. The van der Waals surface area contributed by atoms with Crippen LogP contribution in [0.4, 0.5) is 5.13 Å². The van der Waals surface area contributed by atoms with Crippen LogP contribution in [0.5, 0.6) is 0 Å². The SMILES string of the molecule is CNCCCC(=O)Nc1nc(-c2ccc(Br)cc2)c(C)s1. The molecule has 0 spiro atoms. The van der Waals surface area contributed by atoms with Crippen molar-refractivity contribution in [2.45, 2.75) is 19.8 Å². The molecule has 1 aromatic carbocycles. The molecule has 6 heteroatoms. The van der Waals surface area contributed by atoms with Crippen LogP contribution in [0.3, 0.4) is 0 Å². The summed E-state index contributed by atoms with van der Waals surface area (Å²) in [6, 6.07) is 8.02. The third-order valence-electron chi connectivity index (χ3n) is 2.99. The molecule has 1 amide bonds. The molecule has 21 heavy (non-hydrogen) atoms. The van der Waals surface area contributed by atoms with Gasteiger partial charge in [0.05, 0.1) is 5.69 Å². The molecule has 0 saturated heterocycles. The molecule has 2 rings (SSSR count). The standard InChI is InChI=1S/C15H18BrN3OS/c1-10-14(11-5-7-12(16)8-6-11)19-15(21-10)18-13(20)4-3-9-17-2/h5-8,17H,3-4,9H2,1-2H3,(H,18,19,20). The number of benzene rings is 1. The van der Waals surface area contributed by atoms with Gasteiger partial charge < -0.3 is 10.6 Å². The number of aryl methyl sites for hydroxylation is 1. The number of carbonyl (C=O) groups is 1. The average Bonchev–Trinajstić information content (AvgIpc) is 2.80. The minimum absolute atomic E-state index is 0.0151. The van der Waals surface area contributed by atoms with Crippen LogP contribution in [0.25, 0.3) is 11.3 Å². The van der Waals surface area contributed by atoms with Crippen molar-refractivity contribution in [3.8, 4) is 11.3 Å². The predicted molar refractivity (Wildman–Crippen MR) is 91.8 cm³/mol. The number of aromatic nitrogens is 1. The summed E-state index contributed by atoms with van der Waals surface area (Å²) >= 11 is 4.94. The zero-order valence-corrected chi connectivity index (χ0v) is 14.5. The maximum atomic E-state index is 11.8. The number of amides is 1. The summed E-state index contributed by atoms with van der Waals surface area (Å²) in [4.78, 5) is 17.4. The Balaban J connectivity index is 2.05. The fraction of sp³-hybridized carbons (Fsp3) is 0.333. The lowest BCUT2D eigenvalue weighted by Gasteiger charge is -2.01. The normalized spacial score (nSPS) is 10.6. The first-order valence-electron chi connectivity index (χ1n) is 6.78. The van der Waals surface area contributed by atoms with Gasteiger partial charge in [-0.1, -0.05) is 28.1 Å². The first kappa shape index (κ1) is 16.1. The summed E-state index contributed by atoms with van der Waals surface area (Å²) in [6.45, 7) is 2.86. The van der Waals surface area contributed by atoms with Gasteiger partial charge in [-0.15, -0.1) is 11.3 Å². The van der Waals surface area contributed by atoms with Gasteiger partial charge in [0, 0.05) is 21.3 Å². The number of hydrogen-bond donors (Lipinski definition) is 2. The predicted octanol–water partition coefficient (Wildman–Crippen LogP) is 3.82. The maximum Gasteiger partial charge on any atom is 0.226 e. The number of nitrogens with one attached hydrogen (secondary N) is 2. The van der Waals surface area contributed by atoms with Crippen LogP contribution >= 0.6 is 27.3 Å². The van der Waals surface area contributed by atoms with Crippen molar-refractivity contribution in [2.75, 3.05) is 18.9 Å². The molecule has 0 saturated carbocycles. The molecular formula is C15H18BrN3OS. The van der Waals surface area contributed by atoms with Crippen molar-refractivity contribution in [3.63, 3.8) is 0 Å². The first-order chi connectivity index (χ1) is 10.1. The van der Waals surface area contributed by atoms with Crippen molar-refractivity contribution in [2.24, 2.45) is 0 Å². The Kier molecular flexibility index (Phi) is 5.90. The fourth-order valence-corrected chi connectivity index (χ4v) is 3.05. The number of halogens is 1. The molecule has 0 aliphatic rings. The summed E-state index contributed by atoms with van der Waals surface area (Å²) in [7, 11) is 1.88. The van der Waals surface area contributed by atoms with Crippen LogP contribution in [0, 0.1) is 6.92 Å². The largest absolute Gasteiger partial charge is 0.320 e. The number of nitrogens with zero attached hydrogens (tertiary/aromatic N) is 1. The highest BCUT2D eigenvalue weighted by molar-refractivity contribution is 9.10. The van der Waals surface area contributed by atoms with E-state index in [-0.39, 0.29) is 5.91 Å². The molecule has 2 N–H and O–H groups in total. The Hall–Kier alpha value is -1.24. The molecule has 0 unspecified atom stereocenters. The molecule has 0 aliphatic heterocycles. The Labute approximate surface area is 137 Å². The summed E-state index contributed by atoms with van der Waals surface area (Å²) < 4.78 is 1.04. The molecule has 1 heterocycles. The van der Waals surface area contributed by atoms with Crippen molar-refractivity contribution >= 4 is 38.3 Å². The molecule has 0 radical (unpaired) electrons. The van der Waals surface area contributed by atoms with Gasteiger partial charge in [0.15, 0.2) is 5.13 Å². The molecule has 0 fully saturated rings. The van der Waals surface area contributed by atoms with Gasteiger partial charge in [0.2, 0.25) is 5.91 Å². The smallest absolute Gasteiger partial charge is 0.226 e. The van der Waals surface area contributed by atoms with E-state index >= 15 is 0 Å². The highest BCUT2D eigenvalue weighted by Crippen LogP contribution is 2.31. The van der Waals surface area contributed by atoms with E-state index in [1.807, 2.05) is 38.2 Å². The average molecular weight is 368 g/mol.